The molecule has 4 rings (SSSR count). The van der Waals surface area contributed by atoms with Crippen LogP contribution in [0.3, 0.4) is 0 Å². The van der Waals surface area contributed by atoms with Crippen LogP contribution >= 0.6 is 0 Å². The number of nitrogens with one attached hydrogen (secondary N) is 4. The fraction of sp³-hybridized carbons (Fsp3) is 0.318. The molecule has 3 aromatic carbocycles. The van der Waals surface area contributed by atoms with E-state index in [9.17, 15) is 27.6 Å². The lowest BCUT2D eigenvalue weighted by molar-refractivity contribution is -0.129. The van der Waals surface area contributed by atoms with Crippen LogP contribution in [0, 0.1) is 5.41 Å². The molecule has 0 saturated heterocycles. The van der Waals surface area contributed by atoms with Crippen LogP contribution in [0.5, 0.6) is 17.5 Å². The average Bonchev–Trinajstić information content (AvgIpc) is 3.18. The highest BCUT2D eigenvalue weighted by molar-refractivity contribution is 7.90. The number of carbonyl (C=O) groups excluding carboxylic acids is 4. The molecule has 0 saturated carbocycles. The average molecular weight is 841 g/mol. The minimum Gasteiger partial charge on any atom is -0.481 e. The highest BCUT2D eigenvalue weighted by atomic mass is 32.2. The van der Waals surface area contributed by atoms with Crippen molar-refractivity contribution in [2.45, 2.75) is 72.1 Å². The molecular formula is C44H52N6O9S. The lowest BCUT2D eigenvalue weighted by Crippen LogP contribution is -2.55. The van der Waals surface area contributed by atoms with E-state index < -0.39 is 56.9 Å². The number of unbranched alkanes of at least 4 members (excludes halogenated alkanes) is 1. The molecule has 15 nitrogen and oxygen atoms in total. The predicted octanol–water partition coefficient (Wildman–Crippen LogP) is 7.35. The molecule has 0 aliphatic heterocycles. The normalized spacial score (nSPS) is 12.5. The number of alkyl carbamates (subject to hydrolysis) is 1. The third-order valence-electron chi connectivity index (χ3n) is 8.55. The van der Waals surface area contributed by atoms with Crippen molar-refractivity contribution in [2.75, 3.05) is 18.2 Å². The first-order valence-corrected chi connectivity index (χ1v) is 20.7. The van der Waals surface area contributed by atoms with E-state index in [2.05, 4.69) is 39.1 Å². The van der Waals surface area contributed by atoms with Gasteiger partial charge in [0.25, 0.3) is 11.8 Å². The van der Waals surface area contributed by atoms with Gasteiger partial charge in [-0.05, 0) is 74.9 Å². The van der Waals surface area contributed by atoms with Crippen molar-refractivity contribution < 1.29 is 41.8 Å². The van der Waals surface area contributed by atoms with E-state index in [4.69, 9.17) is 14.2 Å². The van der Waals surface area contributed by atoms with Gasteiger partial charge in [-0.1, -0.05) is 82.0 Å². The Hall–Kier alpha value is -6.55. The second-order valence-electron chi connectivity index (χ2n) is 15.7. The number of aromatic nitrogens is 2. The number of benzene rings is 3. The van der Waals surface area contributed by atoms with Crippen molar-refractivity contribution in [3.05, 3.63) is 115 Å². The van der Waals surface area contributed by atoms with Crippen molar-refractivity contribution in [1.82, 2.24) is 25.3 Å². The molecule has 1 unspecified atom stereocenters. The largest absolute Gasteiger partial charge is 0.481 e. The quantitative estimate of drug-likeness (QED) is 0.0611. The summed E-state index contributed by atoms with van der Waals surface area (Å²) < 4.78 is 44.0. The molecule has 0 aliphatic carbocycles. The number of amides is 4. The van der Waals surface area contributed by atoms with Crippen LogP contribution in [-0.2, 0) is 24.3 Å². The molecule has 318 valence electrons. The van der Waals surface area contributed by atoms with Gasteiger partial charge in [0.15, 0.2) is 5.82 Å². The second kappa shape index (κ2) is 19.9. The van der Waals surface area contributed by atoms with E-state index in [1.807, 2.05) is 35.1 Å². The van der Waals surface area contributed by atoms with E-state index >= 15 is 0 Å². The molecule has 4 amide bonds. The molecule has 0 radical (unpaired) electrons. The van der Waals surface area contributed by atoms with Crippen LogP contribution in [0.15, 0.2) is 98.1 Å². The minimum atomic E-state index is -3.89. The van der Waals surface area contributed by atoms with E-state index in [1.165, 1.54) is 37.4 Å². The maximum Gasteiger partial charge on any atom is 0.408 e. The Morgan fingerprint density at radius 3 is 2.10 bits per heavy atom. The molecule has 0 bridgehead atoms. The molecule has 0 fully saturated rings. The van der Waals surface area contributed by atoms with Crippen molar-refractivity contribution in [2.24, 2.45) is 5.41 Å². The molecular weight excluding hydrogens is 789 g/mol. The molecule has 4 aromatic rings. The topological polar surface area (TPSA) is 204 Å². The van der Waals surface area contributed by atoms with Gasteiger partial charge in [0.1, 0.15) is 23.4 Å². The number of anilines is 1. The maximum absolute atomic E-state index is 14.3. The lowest BCUT2D eigenvalue weighted by Gasteiger charge is -2.32. The summed E-state index contributed by atoms with van der Waals surface area (Å²) in [5.74, 6) is -1.57. The molecule has 2 atom stereocenters. The zero-order valence-electron chi connectivity index (χ0n) is 34.8. The standard InChI is InChI=1S/C44H52N6O9S/c1-10-12-16-25-60(55,56)50-39(51)30-21-23-32(24-22-30)45-40(52)36(48-41(53)37(43(3,4)5)49-42(54)59-44(6,7)8)31-20-19-28(11-2)33(26-31)58-35-27-34(57-9)46-38(47-35)29-17-14-13-15-18-29/h10-11,13-15,17-24,26-27,36-37H,1-2,12,16,25H2,3-9H3,(H,45,52)(H,48,53)(H,49,54)(H,50,51)/t36?,37-/m1/s1. The fourth-order valence-corrected chi connectivity index (χ4v) is 6.64. The lowest BCUT2D eigenvalue weighted by atomic mass is 9.86. The highest BCUT2D eigenvalue weighted by Crippen LogP contribution is 2.32. The monoisotopic (exact) mass is 840 g/mol. The van der Waals surface area contributed by atoms with Gasteiger partial charge in [-0.25, -0.2) is 17.9 Å². The van der Waals surface area contributed by atoms with Crippen LogP contribution in [0.2, 0.25) is 0 Å². The zero-order chi connectivity index (χ0) is 44.3. The number of ether oxygens (including phenoxy) is 3. The summed E-state index contributed by atoms with van der Waals surface area (Å²) in [4.78, 5) is 63.1. The van der Waals surface area contributed by atoms with E-state index in [1.54, 1.807) is 71.9 Å². The summed E-state index contributed by atoms with van der Waals surface area (Å²) >= 11 is 0. The van der Waals surface area contributed by atoms with Crippen LogP contribution in [0.25, 0.3) is 17.5 Å². The molecule has 1 aromatic heterocycles. The highest BCUT2D eigenvalue weighted by Gasteiger charge is 2.37. The third kappa shape index (κ3) is 13.5. The zero-order valence-corrected chi connectivity index (χ0v) is 35.6. The molecule has 0 aliphatic rings. The van der Waals surface area contributed by atoms with Crippen molar-refractivity contribution in [3.63, 3.8) is 0 Å². The number of nitrogens with zero attached hydrogens (tertiary/aromatic N) is 2. The van der Waals surface area contributed by atoms with Gasteiger partial charge in [-0.3, -0.25) is 14.4 Å². The molecule has 1 heterocycles. The Morgan fingerprint density at radius 2 is 1.50 bits per heavy atom. The Morgan fingerprint density at radius 1 is 0.833 bits per heavy atom. The van der Waals surface area contributed by atoms with Gasteiger partial charge < -0.3 is 30.2 Å². The van der Waals surface area contributed by atoms with Gasteiger partial charge in [0.05, 0.1) is 18.9 Å². The molecule has 16 heteroatoms. The summed E-state index contributed by atoms with van der Waals surface area (Å²) in [6, 6.07) is 18.5. The Labute approximate surface area is 351 Å². The van der Waals surface area contributed by atoms with Gasteiger partial charge in [0, 0.05) is 22.4 Å². The Kier molecular flexibility index (Phi) is 15.3. The number of methoxy groups -OCH3 is 1. The number of rotatable bonds is 17. The number of hydrogen-bond donors (Lipinski definition) is 4. The minimum absolute atomic E-state index is 0.0324. The van der Waals surface area contributed by atoms with Crippen LogP contribution in [0.1, 0.15) is 81.9 Å². The fourth-order valence-electron chi connectivity index (χ4n) is 5.59. The van der Waals surface area contributed by atoms with Crippen LogP contribution < -0.4 is 30.1 Å². The number of allylic oxidation sites excluding steroid dienone is 1. The SMILES string of the molecule is C=CCCCS(=O)(=O)NC(=O)c1ccc(NC(=O)C(NC(=O)[C@@H](NC(=O)OC(C)(C)C)C(C)(C)C)c2ccc(C=C)c(Oc3cc(OC)nc(-c4ccccc4)n3)c2)cc1. The van der Waals surface area contributed by atoms with Gasteiger partial charge >= 0.3 is 6.09 Å². The second-order valence-corrected chi connectivity index (χ2v) is 17.5. The summed E-state index contributed by atoms with van der Waals surface area (Å²) in [6.07, 6.45) is 3.09. The first kappa shape index (κ1) is 46.1. The van der Waals surface area contributed by atoms with E-state index in [-0.39, 0.29) is 40.1 Å². The first-order chi connectivity index (χ1) is 28.2. The molecule has 4 N–H and O–H groups in total. The number of hydrogen-bond acceptors (Lipinski definition) is 11. The summed E-state index contributed by atoms with van der Waals surface area (Å²) in [5.41, 5.74) is 0.0766. The molecule has 60 heavy (non-hydrogen) atoms. The van der Waals surface area contributed by atoms with Gasteiger partial charge in [-0.15, -0.1) is 6.58 Å². The van der Waals surface area contributed by atoms with Crippen molar-refractivity contribution in [3.8, 4) is 28.9 Å². The van der Waals surface area contributed by atoms with Gasteiger partial charge in [0.2, 0.25) is 27.7 Å². The van der Waals surface area contributed by atoms with E-state index in [0.29, 0.717) is 29.8 Å². The van der Waals surface area contributed by atoms with Crippen LogP contribution in [-0.4, -0.2) is 66.7 Å². The number of carbonyl (C=O) groups is 4. The summed E-state index contributed by atoms with van der Waals surface area (Å²) in [7, 11) is -2.42. The predicted molar refractivity (Wildman–Crippen MR) is 230 cm³/mol. The number of sulfonamides is 1. The van der Waals surface area contributed by atoms with Gasteiger partial charge in [-0.2, -0.15) is 9.97 Å². The maximum atomic E-state index is 14.3. The smallest absolute Gasteiger partial charge is 0.408 e. The van der Waals surface area contributed by atoms with Crippen molar-refractivity contribution in [1.29, 1.82) is 0 Å². The first-order valence-electron chi connectivity index (χ1n) is 19.0. The van der Waals surface area contributed by atoms with Crippen LogP contribution in [0.4, 0.5) is 10.5 Å². The third-order valence-corrected chi connectivity index (χ3v) is 9.87. The molecule has 0 spiro atoms. The van der Waals surface area contributed by atoms with Crippen molar-refractivity contribution >= 4 is 45.6 Å². The van der Waals surface area contributed by atoms with E-state index in [0.717, 1.165) is 0 Å². The summed E-state index contributed by atoms with van der Waals surface area (Å²) in [6.45, 7) is 17.8. The Balaban J connectivity index is 1.71. The Bertz CT molecular complexity index is 2300. The summed E-state index contributed by atoms with van der Waals surface area (Å²) in [5, 5.41) is 8.20.